The highest BCUT2D eigenvalue weighted by Crippen LogP contribution is 2.23. The predicted octanol–water partition coefficient (Wildman–Crippen LogP) is 2.73. The summed E-state index contributed by atoms with van der Waals surface area (Å²) in [5.74, 6) is 0. The zero-order valence-electron chi connectivity index (χ0n) is 7.66. The molecule has 2 heteroatoms. The molecule has 0 aliphatic heterocycles. The van der Waals surface area contributed by atoms with Crippen LogP contribution in [0.3, 0.4) is 0 Å². The normalized spacial score (nSPS) is 13.0. The maximum Gasteiger partial charge on any atom is 0.101 e. The monoisotopic (exact) mass is 182 g/mol. The van der Waals surface area contributed by atoms with Crippen molar-refractivity contribution < 1.29 is 5.11 Å². The Kier molecular flexibility index (Phi) is 3.18. The molecule has 0 radical (unpaired) electrons. The Morgan fingerprint density at radius 3 is 2.42 bits per heavy atom. The number of aliphatic hydroxyl groups excluding tert-OH is 1. The Hall–Kier alpha value is -0.470. The lowest BCUT2D eigenvalue weighted by Gasteiger charge is -2.06. The first-order chi connectivity index (χ1) is 5.59. The van der Waals surface area contributed by atoms with E-state index in [1.165, 1.54) is 22.9 Å². The second-order valence-electron chi connectivity index (χ2n) is 2.96. The number of aryl methyl sites for hydroxylation is 2. The molecule has 0 spiro atoms. The molecule has 1 rings (SSSR count). The van der Waals surface area contributed by atoms with Gasteiger partial charge in [0.1, 0.15) is 5.44 Å². The third-order valence-electron chi connectivity index (χ3n) is 1.79. The highest BCUT2D eigenvalue weighted by atomic mass is 32.2. The standard InChI is InChI=1S/C10H14OS/c1-7-4-5-10(6-8(7)2)12-9(3)11/h4-6,9,11H,1-3H3/t9-/m1/s1. The number of rotatable bonds is 2. The van der Waals surface area contributed by atoms with Crippen molar-refractivity contribution in [3.05, 3.63) is 29.3 Å². The summed E-state index contributed by atoms with van der Waals surface area (Å²) in [6, 6.07) is 6.23. The number of thioether (sulfide) groups is 1. The molecule has 1 aromatic carbocycles. The Labute approximate surface area is 77.8 Å². The van der Waals surface area contributed by atoms with E-state index in [1.54, 1.807) is 6.92 Å². The number of hydrogen-bond donors (Lipinski definition) is 1. The SMILES string of the molecule is Cc1ccc(S[C@H](C)O)cc1C. The van der Waals surface area contributed by atoms with E-state index in [0.717, 1.165) is 4.90 Å². The van der Waals surface area contributed by atoms with Crippen molar-refractivity contribution in [1.29, 1.82) is 0 Å². The molecular formula is C10H14OS. The van der Waals surface area contributed by atoms with Gasteiger partial charge in [-0.2, -0.15) is 0 Å². The van der Waals surface area contributed by atoms with Crippen LogP contribution in [0.1, 0.15) is 18.1 Å². The molecule has 0 fully saturated rings. The molecule has 0 unspecified atom stereocenters. The molecule has 0 aromatic heterocycles. The maximum absolute atomic E-state index is 9.13. The molecule has 1 N–H and O–H groups in total. The molecule has 1 nitrogen and oxygen atoms in total. The lowest BCUT2D eigenvalue weighted by Crippen LogP contribution is -1.91. The minimum absolute atomic E-state index is 0.327. The quantitative estimate of drug-likeness (QED) is 0.560. The first-order valence-corrected chi connectivity index (χ1v) is 4.89. The van der Waals surface area contributed by atoms with Gasteiger partial charge in [-0.15, -0.1) is 0 Å². The topological polar surface area (TPSA) is 20.2 Å². The van der Waals surface area contributed by atoms with E-state index in [2.05, 4.69) is 26.0 Å². The van der Waals surface area contributed by atoms with E-state index in [0.29, 0.717) is 0 Å². The van der Waals surface area contributed by atoms with Crippen LogP contribution in [0.15, 0.2) is 23.1 Å². The third kappa shape index (κ3) is 2.54. The van der Waals surface area contributed by atoms with Gasteiger partial charge in [-0.3, -0.25) is 0 Å². The first kappa shape index (κ1) is 9.62. The lowest BCUT2D eigenvalue weighted by molar-refractivity contribution is 0.284. The molecule has 0 bridgehead atoms. The molecule has 0 amide bonds. The fourth-order valence-corrected chi connectivity index (χ4v) is 1.77. The van der Waals surface area contributed by atoms with Crippen LogP contribution in [0.25, 0.3) is 0 Å². The summed E-state index contributed by atoms with van der Waals surface area (Å²) in [5, 5.41) is 9.13. The Morgan fingerprint density at radius 2 is 1.92 bits per heavy atom. The van der Waals surface area contributed by atoms with E-state index in [1.807, 2.05) is 6.07 Å². The third-order valence-corrected chi connectivity index (χ3v) is 2.65. The summed E-state index contributed by atoms with van der Waals surface area (Å²) >= 11 is 1.48. The van der Waals surface area contributed by atoms with Crippen LogP contribution >= 0.6 is 11.8 Å². The van der Waals surface area contributed by atoms with Crippen molar-refractivity contribution in [2.24, 2.45) is 0 Å². The zero-order chi connectivity index (χ0) is 9.14. The minimum Gasteiger partial charge on any atom is -0.382 e. The molecule has 12 heavy (non-hydrogen) atoms. The van der Waals surface area contributed by atoms with Crippen LogP contribution in [0, 0.1) is 13.8 Å². The van der Waals surface area contributed by atoms with Crippen molar-refractivity contribution in [1.82, 2.24) is 0 Å². The highest BCUT2D eigenvalue weighted by molar-refractivity contribution is 7.99. The van der Waals surface area contributed by atoms with Gasteiger partial charge in [0.15, 0.2) is 0 Å². The summed E-state index contributed by atoms with van der Waals surface area (Å²) in [7, 11) is 0. The van der Waals surface area contributed by atoms with E-state index in [-0.39, 0.29) is 5.44 Å². The van der Waals surface area contributed by atoms with Crippen LogP contribution in [0.2, 0.25) is 0 Å². The molecule has 0 saturated heterocycles. The van der Waals surface area contributed by atoms with Gasteiger partial charge in [0.25, 0.3) is 0 Å². The average Bonchev–Trinajstić information content (AvgIpc) is 1.96. The summed E-state index contributed by atoms with van der Waals surface area (Å²) in [4.78, 5) is 1.13. The largest absolute Gasteiger partial charge is 0.382 e. The van der Waals surface area contributed by atoms with Crippen molar-refractivity contribution in [3.63, 3.8) is 0 Å². The number of aliphatic hydroxyl groups is 1. The predicted molar refractivity (Wildman–Crippen MR) is 53.5 cm³/mol. The van der Waals surface area contributed by atoms with Crippen LogP contribution in [0.5, 0.6) is 0 Å². The first-order valence-electron chi connectivity index (χ1n) is 4.01. The average molecular weight is 182 g/mol. The highest BCUT2D eigenvalue weighted by Gasteiger charge is 2.00. The number of hydrogen-bond acceptors (Lipinski definition) is 2. The van der Waals surface area contributed by atoms with Crippen LogP contribution in [-0.2, 0) is 0 Å². The van der Waals surface area contributed by atoms with Gasteiger partial charge in [0.2, 0.25) is 0 Å². The lowest BCUT2D eigenvalue weighted by atomic mass is 10.1. The molecule has 1 atom stereocenters. The molecule has 66 valence electrons. The smallest absolute Gasteiger partial charge is 0.101 e. The van der Waals surface area contributed by atoms with Gasteiger partial charge in [-0.1, -0.05) is 17.8 Å². The summed E-state index contributed by atoms with van der Waals surface area (Å²) in [6.07, 6.45) is 0. The van der Waals surface area contributed by atoms with E-state index in [9.17, 15) is 0 Å². The van der Waals surface area contributed by atoms with E-state index in [4.69, 9.17) is 5.11 Å². The summed E-state index contributed by atoms with van der Waals surface area (Å²) in [6.45, 7) is 5.95. The number of benzene rings is 1. The van der Waals surface area contributed by atoms with Gasteiger partial charge in [-0.25, -0.2) is 0 Å². The zero-order valence-corrected chi connectivity index (χ0v) is 8.48. The second kappa shape index (κ2) is 3.97. The van der Waals surface area contributed by atoms with Crippen LogP contribution in [-0.4, -0.2) is 10.5 Å². The fourth-order valence-electron chi connectivity index (χ4n) is 0.984. The van der Waals surface area contributed by atoms with Crippen molar-refractivity contribution >= 4 is 11.8 Å². The fraction of sp³-hybridized carbons (Fsp3) is 0.400. The molecule has 0 saturated carbocycles. The van der Waals surface area contributed by atoms with Crippen LogP contribution in [0.4, 0.5) is 0 Å². The van der Waals surface area contributed by atoms with Gasteiger partial charge in [0.05, 0.1) is 0 Å². The Balaban J connectivity index is 2.82. The van der Waals surface area contributed by atoms with Gasteiger partial charge in [0, 0.05) is 4.90 Å². The van der Waals surface area contributed by atoms with Gasteiger partial charge < -0.3 is 5.11 Å². The molecule has 1 aromatic rings. The minimum atomic E-state index is -0.327. The van der Waals surface area contributed by atoms with Crippen molar-refractivity contribution in [2.45, 2.75) is 31.1 Å². The van der Waals surface area contributed by atoms with E-state index < -0.39 is 0 Å². The molecular weight excluding hydrogens is 168 g/mol. The Bertz CT molecular complexity index is 269. The Morgan fingerprint density at radius 1 is 1.25 bits per heavy atom. The molecule has 0 heterocycles. The molecule has 0 aliphatic rings. The van der Waals surface area contributed by atoms with E-state index >= 15 is 0 Å². The molecule has 0 aliphatic carbocycles. The summed E-state index contributed by atoms with van der Waals surface area (Å²) < 4.78 is 0. The second-order valence-corrected chi connectivity index (χ2v) is 4.35. The van der Waals surface area contributed by atoms with Gasteiger partial charge >= 0.3 is 0 Å². The van der Waals surface area contributed by atoms with Crippen molar-refractivity contribution in [2.75, 3.05) is 0 Å². The van der Waals surface area contributed by atoms with Gasteiger partial charge in [-0.05, 0) is 44.0 Å². The maximum atomic E-state index is 9.13. The summed E-state index contributed by atoms with van der Waals surface area (Å²) in [5.41, 5.74) is 2.25. The van der Waals surface area contributed by atoms with Crippen LogP contribution < -0.4 is 0 Å². The van der Waals surface area contributed by atoms with Crippen molar-refractivity contribution in [3.8, 4) is 0 Å².